The van der Waals surface area contributed by atoms with Gasteiger partial charge in [0, 0.05) is 19.0 Å². The second-order valence-corrected chi connectivity index (χ2v) is 7.40. The quantitative estimate of drug-likeness (QED) is 0.732. The number of nitrogens with two attached hydrogens (primary N) is 1. The summed E-state index contributed by atoms with van der Waals surface area (Å²) in [4.78, 5) is 17.5. The third-order valence-corrected chi connectivity index (χ3v) is 4.16. The predicted molar refractivity (Wildman–Crippen MR) is 88.4 cm³/mol. The SMILES string of the molecule is CC(C)(C)OC(=O)N1CCC(c2nc(Cl)c(C(F)(F)F)cc2N)CC1. The Morgan fingerprint density at radius 3 is 2.36 bits per heavy atom. The van der Waals surface area contributed by atoms with E-state index in [4.69, 9.17) is 22.1 Å². The summed E-state index contributed by atoms with van der Waals surface area (Å²) in [6, 6.07) is 0.824. The van der Waals surface area contributed by atoms with E-state index in [-0.39, 0.29) is 11.6 Å². The first-order valence-electron chi connectivity index (χ1n) is 7.89. The molecule has 0 bridgehead atoms. The van der Waals surface area contributed by atoms with Gasteiger partial charge < -0.3 is 15.4 Å². The highest BCUT2D eigenvalue weighted by Gasteiger charge is 2.36. The predicted octanol–water partition coefficient (Wildman–Crippen LogP) is 4.45. The number of rotatable bonds is 1. The number of halogens is 4. The number of carbonyl (C=O) groups excluding carboxylic acids is 1. The first-order valence-corrected chi connectivity index (χ1v) is 8.27. The summed E-state index contributed by atoms with van der Waals surface area (Å²) in [5.41, 5.74) is 4.46. The Kier molecular flexibility index (Phi) is 5.41. The molecular weight excluding hydrogens is 359 g/mol. The molecule has 140 valence electrons. The van der Waals surface area contributed by atoms with Crippen molar-refractivity contribution in [3.63, 3.8) is 0 Å². The monoisotopic (exact) mass is 379 g/mol. The van der Waals surface area contributed by atoms with E-state index in [1.165, 1.54) is 0 Å². The molecule has 2 rings (SSSR count). The Morgan fingerprint density at radius 1 is 1.32 bits per heavy atom. The van der Waals surface area contributed by atoms with Crippen LogP contribution in [0.15, 0.2) is 6.07 Å². The fourth-order valence-corrected chi connectivity index (χ4v) is 2.96. The number of piperidine rings is 1. The van der Waals surface area contributed by atoms with Gasteiger partial charge in [0.15, 0.2) is 0 Å². The number of pyridine rings is 1. The zero-order chi connectivity index (χ0) is 19.0. The lowest BCUT2D eigenvalue weighted by Gasteiger charge is -2.33. The minimum atomic E-state index is -4.60. The summed E-state index contributed by atoms with van der Waals surface area (Å²) in [6.07, 6.45) is -3.95. The smallest absolute Gasteiger partial charge is 0.419 e. The second-order valence-electron chi connectivity index (χ2n) is 7.04. The molecule has 1 aromatic rings. The number of alkyl halides is 3. The topological polar surface area (TPSA) is 68.5 Å². The van der Waals surface area contributed by atoms with Crippen molar-refractivity contribution in [1.29, 1.82) is 0 Å². The van der Waals surface area contributed by atoms with Crippen LogP contribution in [-0.4, -0.2) is 34.7 Å². The molecule has 0 saturated carbocycles. The van der Waals surface area contributed by atoms with Crippen LogP contribution in [0.1, 0.15) is 50.8 Å². The molecule has 0 aliphatic carbocycles. The maximum absolute atomic E-state index is 12.8. The Labute approximate surface area is 149 Å². The van der Waals surface area contributed by atoms with Crippen LogP contribution in [-0.2, 0) is 10.9 Å². The second kappa shape index (κ2) is 6.90. The third kappa shape index (κ3) is 4.90. The van der Waals surface area contributed by atoms with Crippen LogP contribution < -0.4 is 5.73 Å². The van der Waals surface area contributed by atoms with Gasteiger partial charge in [0.2, 0.25) is 0 Å². The van der Waals surface area contributed by atoms with Crippen molar-refractivity contribution in [2.75, 3.05) is 18.8 Å². The van der Waals surface area contributed by atoms with E-state index in [1.54, 1.807) is 25.7 Å². The van der Waals surface area contributed by atoms with Crippen molar-refractivity contribution < 1.29 is 22.7 Å². The summed E-state index contributed by atoms with van der Waals surface area (Å²) >= 11 is 5.69. The molecule has 25 heavy (non-hydrogen) atoms. The van der Waals surface area contributed by atoms with Crippen LogP contribution >= 0.6 is 11.6 Å². The molecule has 1 amide bonds. The standard InChI is InChI=1S/C16H21ClF3N3O2/c1-15(2,3)25-14(24)23-6-4-9(5-7-23)12-11(21)8-10(13(17)22-12)16(18,19)20/h8-9H,4-7,21H2,1-3H3. The van der Waals surface area contributed by atoms with Crippen molar-refractivity contribution in [2.24, 2.45) is 0 Å². The van der Waals surface area contributed by atoms with E-state index < -0.39 is 28.6 Å². The zero-order valence-electron chi connectivity index (χ0n) is 14.3. The number of hydrogen-bond donors (Lipinski definition) is 1. The molecule has 1 aromatic heterocycles. The average molecular weight is 380 g/mol. The van der Waals surface area contributed by atoms with Crippen LogP contribution in [0.25, 0.3) is 0 Å². The van der Waals surface area contributed by atoms with Gasteiger partial charge in [-0.2, -0.15) is 13.2 Å². The minimum absolute atomic E-state index is 0.0348. The highest BCUT2D eigenvalue weighted by Crippen LogP contribution is 2.38. The summed E-state index contributed by atoms with van der Waals surface area (Å²) < 4.78 is 43.8. The molecular formula is C16H21ClF3N3O2. The molecule has 2 heterocycles. The molecule has 0 unspecified atom stereocenters. The summed E-state index contributed by atoms with van der Waals surface area (Å²) in [7, 11) is 0. The maximum Gasteiger partial charge on any atom is 0.419 e. The van der Waals surface area contributed by atoms with E-state index in [1.807, 2.05) is 0 Å². The first kappa shape index (κ1) is 19.6. The highest BCUT2D eigenvalue weighted by molar-refractivity contribution is 6.30. The number of carbonyl (C=O) groups is 1. The number of amides is 1. The fourth-order valence-electron chi connectivity index (χ4n) is 2.71. The molecule has 5 nitrogen and oxygen atoms in total. The number of ether oxygens (including phenoxy) is 1. The number of anilines is 1. The van der Waals surface area contributed by atoms with Crippen molar-refractivity contribution in [3.8, 4) is 0 Å². The lowest BCUT2D eigenvalue weighted by molar-refractivity contribution is -0.137. The number of likely N-dealkylation sites (tertiary alicyclic amines) is 1. The minimum Gasteiger partial charge on any atom is -0.444 e. The number of nitrogens with zero attached hydrogens (tertiary/aromatic N) is 2. The Bertz CT molecular complexity index is 651. The van der Waals surface area contributed by atoms with Gasteiger partial charge in [0.25, 0.3) is 0 Å². The van der Waals surface area contributed by atoms with Crippen LogP contribution in [0.5, 0.6) is 0 Å². The number of nitrogen functional groups attached to an aromatic ring is 1. The summed E-state index contributed by atoms with van der Waals surface area (Å²) in [5, 5.41) is -0.605. The normalized spacial score (nSPS) is 16.8. The lowest BCUT2D eigenvalue weighted by atomic mass is 9.92. The molecule has 0 aromatic carbocycles. The molecule has 2 N–H and O–H groups in total. The van der Waals surface area contributed by atoms with E-state index >= 15 is 0 Å². The van der Waals surface area contributed by atoms with Crippen LogP contribution in [0.2, 0.25) is 5.15 Å². The summed E-state index contributed by atoms with van der Waals surface area (Å²) in [6.45, 7) is 6.18. The lowest BCUT2D eigenvalue weighted by Crippen LogP contribution is -2.41. The number of aromatic nitrogens is 1. The summed E-state index contributed by atoms with van der Waals surface area (Å²) in [5.74, 6) is -0.154. The van der Waals surface area contributed by atoms with Crippen molar-refractivity contribution >= 4 is 23.4 Å². The average Bonchev–Trinajstić information content (AvgIpc) is 2.46. The number of hydrogen-bond acceptors (Lipinski definition) is 4. The van der Waals surface area contributed by atoms with E-state index in [0.29, 0.717) is 31.6 Å². The third-order valence-electron chi connectivity index (χ3n) is 3.88. The van der Waals surface area contributed by atoms with Gasteiger partial charge >= 0.3 is 12.3 Å². The molecule has 1 aliphatic rings. The van der Waals surface area contributed by atoms with Gasteiger partial charge in [-0.05, 0) is 39.7 Å². The van der Waals surface area contributed by atoms with Gasteiger partial charge in [0.05, 0.1) is 16.9 Å². The van der Waals surface area contributed by atoms with Gasteiger partial charge in [-0.25, -0.2) is 9.78 Å². The van der Waals surface area contributed by atoms with E-state index in [2.05, 4.69) is 4.98 Å². The zero-order valence-corrected chi connectivity index (χ0v) is 15.0. The van der Waals surface area contributed by atoms with Crippen LogP contribution in [0.4, 0.5) is 23.7 Å². The molecule has 1 saturated heterocycles. The van der Waals surface area contributed by atoms with Gasteiger partial charge in [-0.1, -0.05) is 11.6 Å². The largest absolute Gasteiger partial charge is 0.444 e. The maximum atomic E-state index is 12.8. The van der Waals surface area contributed by atoms with Gasteiger partial charge in [0.1, 0.15) is 10.8 Å². The van der Waals surface area contributed by atoms with E-state index in [0.717, 1.165) is 6.07 Å². The van der Waals surface area contributed by atoms with Crippen molar-refractivity contribution in [2.45, 2.75) is 51.3 Å². The van der Waals surface area contributed by atoms with Crippen molar-refractivity contribution in [1.82, 2.24) is 9.88 Å². The Balaban J connectivity index is 2.08. The van der Waals surface area contributed by atoms with Crippen LogP contribution in [0.3, 0.4) is 0 Å². The Hall–Kier alpha value is -1.70. The van der Waals surface area contributed by atoms with Gasteiger partial charge in [-0.3, -0.25) is 0 Å². The molecule has 0 radical (unpaired) electrons. The Morgan fingerprint density at radius 2 is 1.88 bits per heavy atom. The molecule has 0 spiro atoms. The molecule has 9 heteroatoms. The van der Waals surface area contributed by atoms with Gasteiger partial charge in [-0.15, -0.1) is 0 Å². The van der Waals surface area contributed by atoms with Crippen molar-refractivity contribution in [3.05, 3.63) is 22.5 Å². The first-order chi connectivity index (χ1) is 11.4. The molecule has 1 aliphatic heterocycles. The highest BCUT2D eigenvalue weighted by atomic mass is 35.5. The van der Waals surface area contributed by atoms with E-state index in [9.17, 15) is 18.0 Å². The fraction of sp³-hybridized carbons (Fsp3) is 0.625. The molecule has 0 atom stereocenters. The van der Waals surface area contributed by atoms with Crippen LogP contribution in [0, 0.1) is 0 Å². The molecule has 1 fully saturated rings.